The highest BCUT2D eigenvalue weighted by Crippen LogP contribution is 2.33. The van der Waals surface area contributed by atoms with Gasteiger partial charge in [-0.2, -0.15) is 0 Å². The molecule has 1 N–H and O–H groups in total. The summed E-state index contributed by atoms with van der Waals surface area (Å²) in [6.07, 6.45) is -1.07. The maximum absolute atomic E-state index is 11.3. The summed E-state index contributed by atoms with van der Waals surface area (Å²) in [5, 5.41) is 9.28. The Morgan fingerprint density at radius 1 is 1.29 bits per heavy atom. The van der Waals surface area contributed by atoms with E-state index >= 15 is 0 Å². The minimum atomic E-state index is -1.07. The first-order valence-electron chi connectivity index (χ1n) is 4.31. The summed E-state index contributed by atoms with van der Waals surface area (Å²) < 4.78 is 4.94. The predicted molar refractivity (Wildman–Crippen MR) is 51.4 cm³/mol. The van der Waals surface area contributed by atoms with E-state index in [0.29, 0.717) is 11.3 Å². The van der Waals surface area contributed by atoms with Crippen molar-refractivity contribution in [1.82, 2.24) is 0 Å². The number of methoxy groups -OCH3 is 1. The van der Waals surface area contributed by atoms with Crippen LogP contribution in [0.15, 0.2) is 36.1 Å². The molecule has 0 fully saturated rings. The summed E-state index contributed by atoms with van der Waals surface area (Å²) in [4.78, 5) is 11.3. The maximum atomic E-state index is 11.3. The first-order chi connectivity index (χ1) is 6.75. The molecular formula is C11H10O3. The zero-order valence-electron chi connectivity index (χ0n) is 7.73. The monoisotopic (exact) mass is 190 g/mol. The number of ether oxygens (including phenoxy) is 1. The Morgan fingerprint density at radius 2 is 1.93 bits per heavy atom. The van der Waals surface area contributed by atoms with Gasteiger partial charge in [-0.1, -0.05) is 30.3 Å². The summed E-state index contributed by atoms with van der Waals surface area (Å²) in [6, 6.07) is 9.19. The summed E-state index contributed by atoms with van der Waals surface area (Å²) in [7, 11) is 1.45. The molecule has 0 saturated heterocycles. The van der Waals surface area contributed by atoms with E-state index in [1.54, 1.807) is 0 Å². The third kappa shape index (κ3) is 1.14. The fourth-order valence-electron chi connectivity index (χ4n) is 1.54. The molecule has 1 aromatic carbocycles. The quantitative estimate of drug-likeness (QED) is 0.756. The van der Waals surface area contributed by atoms with Crippen LogP contribution in [0.2, 0.25) is 0 Å². The minimum Gasteiger partial charge on any atom is -0.497 e. The lowest BCUT2D eigenvalue weighted by molar-refractivity contribution is -0.124. The van der Waals surface area contributed by atoms with Crippen LogP contribution in [-0.2, 0) is 9.53 Å². The molecule has 0 spiro atoms. The van der Waals surface area contributed by atoms with Crippen molar-refractivity contribution in [1.29, 1.82) is 0 Å². The van der Waals surface area contributed by atoms with Gasteiger partial charge in [0.2, 0.25) is 5.78 Å². The van der Waals surface area contributed by atoms with Crippen LogP contribution in [0.1, 0.15) is 5.56 Å². The molecule has 1 aliphatic rings. The van der Waals surface area contributed by atoms with Gasteiger partial charge in [0.05, 0.1) is 12.7 Å². The topological polar surface area (TPSA) is 46.5 Å². The van der Waals surface area contributed by atoms with Crippen LogP contribution in [0.5, 0.6) is 0 Å². The van der Waals surface area contributed by atoms with Gasteiger partial charge in [0.25, 0.3) is 0 Å². The Labute approximate surface area is 81.6 Å². The Balaban J connectivity index is 2.45. The second kappa shape index (κ2) is 3.27. The van der Waals surface area contributed by atoms with Crippen LogP contribution in [-0.4, -0.2) is 24.1 Å². The van der Waals surface area contributed by atoms with Gasteiger partial charge in [0.1, 0.15) is 5.76 Å². The van der Waals surface area contributed by atoms with E-state index in [0.717, 1.165) is 5.56 Å². The van der Waals surface area contributed by atoms with Gasteiger partial charge >= 0.3 is 0 Å². The highest BCUT2D eigenvalue weighted by Gasteiger charge is 2.39. The van der Waals surface area contributed by atoms with E-state index < -0.39 is 6.10 Å². The lowest BCUT2D eigenvalue weighted by atomic mass is 9.86. The van der Waals surface area contributed by atoms with Crippen molar-refractivity contribution in [3.63, 3.8) is 0 Å². The molecule has 1 unspecified atom stereocenters. The smallest absolute Gasteiger partial charge is 0.203 e. The van der Waals surface area contributed by atoms with E-state index in [1.165, 1.54) is 7.11 Å². The van der Waals surface area contributed by atoms with Crippen molar-refractivity contribution in [2.24, 2.45) is 0 Å². The molecule has 1 atom stereocenters. The molecule has 0 amide bonds. The Kier molecular flexibility index (Phi) is 2.09. The highest BCUT2D eigenvalue weighted by atomic mass is 16.5. The van der Waals surface area contributed by atoms with Crippen LogP contribution in [0.25, 0.3) is 5.57 Å². The van der Waals surface area contributed by atoms with Gasteiger partial charge in [-0.15, -0.1) is 0 Å². The number of Topliss-reactive ketones (excluding diaryl/α,β-unsaturated/α-hetero) is 1. The molecule has 72 valence electrons. The summed E-state index contributed by atoms with van der Waals surface area (Å²) in [5.74, 6) is 0.0919. The fraction of sp³-hybridized carbons (Fsp3) is 0.182. The average molecular weight is 190 g/mol. The number of aliphatic hydroxyl groups excluding tert-OH is 1. The number of hydrogen-bond acceptors (Lipinski definition) is 3. The molecule has 0 bridgehead atoms. The van der Waals surface area contributed by atoms with Crippen molar-refractivity contribution in [3.05, 3.63) is 41.7 Å². The van der Waals surface area contributed by atoms with Crippen LogP contribution < -0.4 is 0 Å². The van der Waals surface area contributed by atoms with Gasteiger partial charge in [-0.05, 0) is 5.56 Å². The van der Waals surface area contributed by atoms with Gasteiger partial charge in [-0.25, -0.2) is 0 Å². The summed E-state index contributed by atoms with van der Waals surface area (Å²) >= 11 is 0. The molecule has 14 heavy (non-hydrogen) atoms. The SMILES string of the molecule is COC1=C(c2ccccc2)C(=O)C1O. The molecule has 0 heterocycles. The van der Waals surface area contributed by atoms with E-state index in [9.17, 15) is 9.90 Å². The van der Waals surface area contributed by atoms with Crippen LogP contribution in [0, 0.1) is 0 Å². The highest BCUT2D eigenvalue weighted by molar-refractivity contribution is 6.31. The molecule has 0 aromatic heterocycles. The van der Waals surface area contributed by atoms with Gasteiger partial charge < -0.3 is 9.84 Å². The molecule has 2 rings (SSSR count). The largest absolute Gasteiger partial charge is 0.497 e. The molecule has 1 aromatic rings. The number of rotatable bonds is 2. The maximum Gasteiger partial charge on any atom is 0.203 e. The lowest BCUT2D eigenvalue weighted by Gasteiger charge is -2.26. The zero-order chi connectivity index (χ0) is 10.1. The number of aliphatic hydroxyl groups is 1. The van der Waals surface area contributed by atoms with Crippen molar-refractivity contribution >= 4 is 11.4 Å². The lowest BCUT2D eigenvalue weighted by Crippen LogP contribution is -2.36. The Hall–Kier alpha value is -1.61. The van der Waals surface area contributed by atoms with Crippen LogP contribution >= 0.6 is 0 Å². The van der Waals surface area contributed by atoms with Crippen molar-refractivity contribution in [2.45, 2.75) is 6.10 Å². The number of ketones is 1. The summed E-state index contributed by atoms with van der Waals surface area (Å²) in [6.45, 7) is 0. The zero-order valence-corrected chi connectivity index (χ0v) is 7.73. The molecule has 0 radical (unpaired) electrons. The van der Waals surface area contributed by atoms with E-state index in [2.05, 4.69) is 0 Å². The third-order valence-electron chi connectivity index (χ3n) is 2.27. The Bertz CT molecular complexity index is 392. The third-order valence-corrected chi connectivity index (χ3v) is 2.27. The van der Waals surface area contributed by atoms with Crippen LogP contribution in [0.3, 0.4) is 0 Å². The second-order valence-corrected chi connectivity index (χ2v) is 3.08. The predicted octanol–water partition coefficient (Wildman–Crippen LogP) is 0.988. The number of hydrogen-bond donors (Lipinski definition) is 1. The first-order valence-corrected chi connectivity index (χ1v) is 4.31. The average Bonchev–Trinajstić information content (AvgIpc) is 2.25. The second-order valence-electron chi connectivity index (χ2n) is 3.08. The first kappa shape index (κ1) is 8.97. The Morgan fingerprint density at radius 3 is 2.50 bits per heavy atom. The van der Waals surface area contributed by atoms with Gasteiger partial charge in [0, 0.05) is 0 Å². The normalized spacial score (nSPS) is 20.7. The van der Waals surface area contributed by atoms with E-state index in [4.69, 9.17) is 4.74 Å². The summed E-state index contributed by atoms with van der Waals surface area (Å²) in [5.41, 5.74) is 1.28. The number of carbonyl (C=O) groups is 1. The minimum absolute atomic E-state index is 0.270. The number of carbonyl (C=O) groups excluding carboxylic acids is 1. The van der Waals surface area contributed by atoms with E-state index in [1.807, 2.05) is 30.3 Å². The standard InChI is InChI=1S/C11H10O3/c1-14-11-8(9(12)10(11)13)7-5-3-2-4-6-7/h2-6,10,13H,1H3. The molecule has 0 saturated carbocycles. The van der Waals surface area contributed by atoms with Crippen molar-refractivity contribution < 1.29 is 14.6 Å². The molecule has 3 heteroatoms. The van der Waals surface area contributed by atoms with Gasteiger partial charge in [-0.3, -0.25) is 4.79 Å². The van der Waals surface area contributed by atoms with Gasteiger partial charge in [0.15, 0.2) is 6.10 Å². The van der Waals surface area contributed by atoms with Crippen LogP contribution in [0.4, 0.5) is 0 Å². The van der Waals surface area contributed by atoms with Crippen molar-refractivity contribution in [2.75, 3.05) is 7.11 Å². The number of benzene rings is 1. The molecule has 0 aliphatic heterocycles. The molecule has 3 nitrogen and oxygen atoms in total. The molecule has 1 aliphatic carbocycles. The molecular weight excluding hydrogens is 180 g/mol. The van der Waals surface area contributed by atoms with Crippen molar-refractivity contribution in [3.8, 4) is 0 Å². The van der Waals surface area contributed by atoms with E-state index in [-0.39, 0.29) is 5.78 Å². The fourth-order valence-corrected chi connectivity index (χ4v) is 1.54.